The summed E-state index contributed by atoms with van der Waals surface area (Å²) in [4.78, 5) is 19.4. The molecule has 1 aliphatic rings. The van der Waals surface area contributed by atoms with Gasteiger partial charge in [-0.3, -0.25) is 4.79 Å². The summed E-state index contributed by atoms with van der Waals surface area (Å²) in [7, 11) is 0. The van der Waals surface area contributed by atoms with Gasteiger partial charge in [0.05, 0.1) is 17.4 Å². The maximum absolute atomic E-state index is 12.1. The number of fused-ring (bicyclic) bond motifs is 1. The van der Waals surface area contributed by atoms with Crippen LogP contribution in [0, 0.1) is 0 Å². The number of carbonyl (C=O) groups excluding carboxylic acids is 1. The number of aromatic amines is 1. The van der Waals surface area contributed by atoms with E-state index in [2.05, 4.69) is 15.3 Å². The van der Waals surface area contributed by atoms with E-state index >= 15 is 0 Å². The number of rotatable bonds is 2. The Bertz CT molecular complexity index is 540. The van der Waals surface area contributed by atoms with E-state index in [1.54, 1.807) is 6.33 Å². The molecule has 1 fully saturated rings. The molecule has 17 heavy (non-hydrogen) atoms. The van der Waals surface area contributed by atoms with Crippen LogP contribution in [-0.4, -0.2) is 21.9 Å². The van der Waals surface area contributed by atoms with Crippen molar-refractivity contribution in [1.29, 1.82) is 0 Å². The highest BCUT2D eigenvalue weighted by atomic mass is 16.1. The van der Waals surface area contributed by atoms with Crippen LogP contribution in [0.1, 0.15) is 36.0 Å². The van der Waals surface area contributed by atoms with Crippen molar-refractivity contribution in [3.8, 4) is 0 Å². The van der Waals surface area contributed by atoms with E-state index in [4.69, 9.17) is 0 Å². The van der Waals surface area contributed by atoms with Crippen LogP contribution < -0.4 is 5.32 Å². The Morgan fingerprint density at radius 2 is 2.18 bits per heavy atom. The third-order valence-corrected chi connectivity index (χ3v) is 3.38. The van der Waals surface area contributed by atoms with E-state index in [1.165, 1.54) is 12.8 Å². The molecule has 1 heterocycles. The predicted molar refractivity (Wildman–Crippen MR) is 65.8 cm³/mol. The number of hydrogen-bond donors (Lipinski definition) is 2. The highest BCUT2D eigenvalue weighted by Gasteiger charge is 2.19. The summed E-state index contributed by atoms with van der Waals surface area (Å²) in [5.41, 5.74) is 2.32. The molecule has 3 rings (SSSR count). The summed E-state index contributed by atoms with van der Waals surface area (Å²) in [6.45, 7) is 0. The van der Waals surface area contributed by atoms with Gasteiger partial charge in [0, 0.05) is 6.04 Å². The van der Waals surface area contributed by atoms with Crippen LogP contribution in [0.15, 0.2) is 24.5 Å². The van der Waals surface area contributed by atoms with Crippen LogP contribution in [-0.2, 0) is 0 Å². The molecule has 4 heteroatoms. The van der Waals surface area contributed by atoms with Crippen molar-refractivity contribution in [2.75, 3.05) is 0 Å². The highest BCUT2D eigenvalue weighted by molar-refractivity contribution is 6.04. The van der Waals surface area contributed by atoms with Gasteiger partial charge < -0.3 is 10.3 Å². The summed E-state index contributed by atoms with van der Waals surface area (Å²) < 4.78 is 0. The molecule has 88 valence electrons. The Balaban J connectivity index is 1.87. The Morgan fingerprint density at radius 1 is 1.35 bits per heavy atom. The minimum absolute atomic E-state index is 0.00500. The fourth-order valence-corrected chi connectivity index (χ4v) is 2.48. The van der Waals surface area contributed by atoms with Gasteiger partial charge in [-0.1, -0.05) is 18.9 Å². The second kappa shape index (κ2) is 4.20. The SMILES string of the molecule is O=C(NC1CCCC1)c1cccc2[nH]cnc12. The fourth-order valence-electron chi connectivity index (χ4n) is 2.48. The quantitative estimate of drug-likeness (QED) is 0.829. The lowest BCUT2D eigenvalue weighted by Crippen LogP contribution is -2.32. The third-order valence-electron chi connectivity index (χ3n) is 3.38. The molecule has 0 spiro atoms. The van der Waals surface area contributed by atoms with Crippen LogP contribution in [0.25, 0.3) is 11.0 Å². The van der Waals surface area contributed by atoms with Crippen molar-refractivity contribution >= 4 is 16.9 Å². The molecule has 0 radical (unpaired) electrons. The number of hydrogen-bond acceptors (Lipinski definition) is 2. The highest BCUT2D eigenvalue weighted by Crippen LogP contribution is 2.19. The molecule has 0 saturated heterocycles. The lowest BCUT2D eigenvalue weighted by Gasteiger charge is -2.11. The predicted octanol–water partition coefficient (Wildman–Crippen LogP) is 2.24. The second-order valence-electron chi connectivity index (χ2n) is 4.56. The van der Waals surface area contributed by atoms with Gasteiger partial charge in [0.2, 0.25) is 0 Å². The number of benzene rings is 1. The number of nitrogens with one attached hydrogen (secondary N) is 2. The van der Waals surface area contributed by atoms with E-state index in [0.29, 0.717) is 11.6 Å². The average Bonchev–Trinajstić information content (AvgIpc) is 2.97. The first-order valence-electron chi connectivity index (χ1n) is 6.07. The molecular formula is C13H15N3O. The Morgan fingerprint density at radius 3 is 3.00 bits per heavy atom. The maximum atomic E-state index is 12.1. The summed E-state index contributed by atoms with van der Waals surface area (Å²) >= 11 is 0. The van der Waals surface area contributed by atoms with E-state index in [9.17, 15) is 4.79 Å². The third kappa shape index (κ3) is 1.90. The number of aromatic nitrogens is 2. The van der Waals surface area contributed by atoms with Gasteiger partial charge in [-0.25, -0.2) is 4.98 Å². The zero-order valence-corrected chi connectivity index (χ0v) is 9.57. The van der Waals surface area contributed by atoms with Crippen molar-refractivity contribution in [3.63, 3.8) is 0 Å². The van der Waals surface area contributed by atoms with Crippen LogP contribution in [0.2, 0.25) is 0 Å². The van der Waals surface area contributed by atoms with Crippen molar-refractivity contribution in [1.82, 2.24) is 15.3 Å². The zero-order chi connectivity index (χ0) is 11.7. The molecule has 2 aromatic rings. The van der Waals surface area contributed by atoms with Gasteiger partial charge in [-0.05, 0) is 25.0 Å². The van der Waals surface area contributed by atoms with E-state index < -0.39 is 0 Å². The molecule has 2 N–H and O–H groups in total. The number of para-hydroxylation sites is 1. The molecule has 1 aromatic heterocycles. The van der Waals surface area contributed by atoms with Gasteiger partial charge in [0.1, 0.15) is 5.52 Å². The fraction of sp³-hybridized carbons (Fsp3) is 0.385. The van der Waals surface area contributed by atoms with Gasteiger partial charge in [-0.15, -0.1) is 0 Å². The standard InChI is InChI=1S/C13H15N3O/c17-13(16-9-4-1-2-5-9)10-6-3-7-11-12(10)15-8-14-11/h3,6-9H,1-2,4-5H2,(H,14,15)(H,16,17). The zero-order valence-electron chi connectivity index (χ0n) is 9.57. The Labute approximate surface area is 99.4 Å². The molecule has 0 atom stereocenters. The first kappa shape index (κ1) is 10.3. The van der Waals surface area contributed by atoms with Crippen LogP contribution in [0.3, 0.4) is 0 Å². The van der Waals surface area contributed by atoms with E-state index in [-0.39, 0.29) is 5.91 Å². The summed E-state index contributed by atoms with van der Waals surface area (Å²) in [6, 6.07) is 5.98. The monoisotopic (exact) mass is 229 g/mol. The number of nitrogens with zero attached hydrogens (tertiary/aromatic N) is 1. The normalized spacial score (nSPS) is 16.5. The molecular weight excluding hydrogens is 214 g/mol. The summed E-state index contributed by atoms with van der Waals surface area (Å²) in [5, 5.41) is 3.08. The van der Waals surface area contributed by atoms with Gasteiger partial charge in [-0.2, -0.15) is 0 Å². The Kier molecular flexibility index (Phi) is 2.55. The maximum Gasteiger partial charge on any atom is 0.253 e. The molecule has 1 aliphatic carbocycles. The molecule has 0 unspecified atom stereocenters. The molecule has 0 bridgehead atoms. The van der Waals surface area contributed by atoms with Gasteiger partial charge >= 0.3 is 0 Å². The first-order chi connectivity index (χ1) is 8.34. The van der Waals surface area contributed by atoms with Crippen molar-refractivity contribution in [2.45, 2.75) is 31.7 Å². The van der Waals surface area contributed by atoms with Crippen LogP contribution >= 0.6 is 0 Å². The molecule has 4 nitrogen and oxygen atoms in total. The minimum atomic E-state index is -0.00500. The van der Waals surface area contributed by atoms with Gasteiger partial charge in [0.15, 0.2) is 0 Å². The molecule has 0 aliphatic heterocycles. The molecule has 1 amide bonds. The van der Waals surface area contributed by atoms with Crippen LogP contribution in [0.5, 0.6) is 0 Å². The summed E-state index contributed by atoms with van der Waals surface area (Å²) in [6.07, 6.45) is 6.26. The van der Waals surface area contributed by atoms with Gasteiger partial charge in [0.25, 0.3) is 5.91 Å². The number of carbonyl (C=O) groups is 1. The second-order valence-corrected chi connectivity index (χ2v) is 4.56. The van der Waals surface area contributed by atoms with Crippen molar-refractivity contribution < 1.29 is 4.79 Å². The first-order valence-corrected chi connectivity index (χ1v) is 6.07. The molecule has 1 saturated carbocycles. The smallest absolute Gasteiger partial charge is 0.253 e. The lowest BCUT2D eigenvalue weighted by molar-refractivity contribution is 0.0939. The van der Waals surface area contributed by atoms with Crippen molar-refractivity contribution in [2.24, 2.45) is 0 Å². The topological polar surface area (TPSA) is 57.8 Å². The number of amides is 1. The average molecular weight is 229 g/mol. The lowest BCUT2D eigenvalue weighted by atomic mass is 10.1. The van der Waals surface area contributed by atoms with E-state index in [1.807, 2.05) is 18.2 Å². The van der Waals surface area contributed by atoms with Crippen molar-refractivity contribution in [3.05, 3.63) is 30.1 Å². The largest absolute Gasteiger partial charge is 0.349 e. The Hall–Kier alpha value is -1.84. The molecule has 1 aromatic carbocycles. The summed E-state index contributed by atoms with van der Waals surface area (Å²) in [5.74, 6) is -0.00500. The number of imidazole rings is 1. The van der Waals surface area contributed by atoms with E-state index in [0.717, 1.165) is 23.9 Å². The van der Waals surface area contributed by atoms with Crippen LogP contribution in [0.4, 0.5) is 0 Å². The minimum Gasteiger partial charge on any atom is -0.349 e. The number of H-pyrrole nitrogens is 1.